The van der Waals surface area contributed by atoms with Crippen LogP contribution < -0.4 is 4.74 Å². The topological polar surface area (TPSA) is 68.5 Å². The average Bonchev–Trinajstić information content (AvgIpc) is 3.27. The van der Waals surface area contributed by atoms with Gasteiger partial charge in [-0.1, -0.05) is 53.2 Å². The molecule has 4 rings (SSSR count). The van der Waals surface area contributed by atoms with E-state index in [-0.39, 0.29) is 18.6 Å². The summed E-state index contributed by atoms with van der Waals surface area (Å²) in [5, 5.41) is 4.16. The van der Waals surface area contributed by atoms with Crippen molar-refractivity contribution in [2.45, 2.75) is 51.7 Å². The lowest BCUT2D eigenvalue weighted by atomic mass is 10.00. The highest BCUT2D eigenvalue weighted by Gasteiger charge is 2.31. The molecule has 1 aliphatic heterocycles. The zero-order valence-electron chi connectivity index (χ0n) is 17.3. The lowest BCUT2D eigenvalue weighted by Crippen LogP contribution is -2.39. The summed E-state index contributed by atoms with van der Waals surface area (Å²) in [4.78, 5) is 19.4. The van der Waals surface area contributed by atoms with E-state index in [9.17, 15) is 4.79 Å². The van der Waals surface area contributed by atoms with E-state index >= 15 is 0 Å². The Hall–Kier alpha value is -3.15. The molecule has 1 unspecified atom stereocenters. The van der Waals surface area contributed by atoms with E-state index in [1.807, 2.05) is 54.3 Å². The largest absolute Gasteiger partial charge is 0.484 e. The van der Waals surface area contributed by atoms with Gasteiger partial charge in [-0.3, -0.25) is 4.79 Å². The Labute approximate surface area is 176 Å². The molecular formula is C24H27N3O3. The fraction of sp³-hybridized carbons (Fsp3) is 0.375. The lowest BCUT2D eigenvalue weighted by molar-refractivity contribution is -0.135. The van der Waals surface area contributed by atoms with E-state index in [2.05, 4.69) is 22.3 Å². The van der Waals surface area contributed by atoms with Gasteiger partial charge in [-0.25, -0.2) is 0 Å². The van der Waals surface area contributed by atoms with E-state index in [4.69, 9.17) is 9.26 Å². The van der Waals surface area contributed by atoms with Crippen molar-refractivity contribution < 1.29 is 14.1 Å². The third-order valence-electron chi connectivity index (χ3n) is 5.46. The number of aryl methyl sites for hydroxylation is 2. The van der Waals surface area contributed by atoms with Crippen LogP contribution in [0.4, 0.5) is 0 Å². The molecule has 2 aromatic carbocycles. The summed E-state index contributed by atoms with van der Waals surface area (Å²) in [6.45, 7) is 2.98. The number of rotatable bonds is 7. The molecule has 1 aliphatic rings. The first-order valence-electron chi connectivity index (χ1n) is 10.5. The Morgan fingerprint density at radius 2 is 1.93 bits per heavy atom. The fourth-order valence-corrected chi connectivity index (χ4v) is 3.78. The van der Waals surface area contributed by atoms with Crippen molar-refractivity contribution >= 4 is 5.91 Å². The fourth-order valence-electron chi connectivity index (χ4n) is 3.78. The number of aromatic nitrogens is 2. The monoisotopic (exact) mass is 405 g/mol. The first kappa shape index (κ1) is 20.1. The van der Waals surface area contributed by atoms with Crippen molar-refractivity contribution in [1.82, 2.24) is 15.0 Å². The zero-order chi connectivity index (χ0) is 20.8. The number of nitrogens with zero attached hydrogens (tertiary/aromatic N) is 3. The van der Waals surface area contributed by atoms with Crippen LogP contribution >= 0.6 is 0 Å². The third-order valence-corrected chi connectivity index (χ3v) is 5.46. The number of carbonyl (C=O) groups excluding carboxylic acids is 1. The van der Waals surface area contributed by atoms with Gasteiger partial charge >= 0.3 is 0 Å². The molecule has 6 heteroatoms. The molecule has 156 valence electrons. The van der Waals surface area contributed by atoms with Gasteiger partial charge in [0.05, 0.1) is 6.04 Å². The van der Waals surface area contributed by atoms with Crippen molar-refractivity contribution in [2.75, 3.05) is 6.54 Å². The van der Waals surface area contributed by atoms with Gasteiger partial charge in [0.1, 0.15) is 5.75 Å². The first-order valence-corrected chi connectivity index (χ1v) is 10.5. The van der Waals surface area contributed by atoms with E-state index in [1.54, 1.807) is 0 Å². The number of amides is 1. The standard InChI is InChI=1S/C24H27N3O3/c1-18-10-13-20(14-11-18)29-17-22-25-24(26-30-22)21-9-5-6-16-27(21)23(28)15-12-19-7-3-2-4-8-19/h2-4,7-8,10-11,13-14,21H,5-6,9,12,15-17H2,1H3. The molecular weight excluding hydrogens is 378 g/mol. The average molecular weight is 405 g/mol. The molecule has 1 amide bonds. The van der Waals surface area contributed by atoms with Gasteiger partial charge in [0.15, 0.2) is 12.4 Å². The highest BCUT2D eigenvalue weighted by Crippen LogP contribution is 2.30. The lowest BCUT2D eigenvalue weighted by Gasteiger charge is -2.34. The quantitative estimate of drug-likeness (QED) is 0.573. The van der Waals surface area contributed by atoms with Gasteiger partial charge in [0.25, 0.3) is 5.89 Å². The molecule has 0 aliphatic carbocycles. The summed E-state index contributed by atoms with van der Waals surface area (Å²) < 4.78 is 11.1. The maximum absolute atomic E-state index is 12.9. The number of ether oxygens (including phenoxy) is 1. The van der Waals surface area contributed by atoms with Crippen LogP contribution in [0.5, 0.6) is 5.75 Å². The van der Waals surface area contributed by atoms with Gasteiger partial charge in [0, 0.05) is 13.0 Å². The first-order chi connectivity index (χ1) is 14.7. The number of hydrogen-bond acceptors (Lipinski definition) is 5. The van der Waals surface area contributed by atoms with Gasteiger partial charge in [-0.05, 0) is 50.3 Å². The molecule has 0 spiro atoms. The highest BCUT2D eigenvalue weighted by molar-refractivity contribution is 5.77. The predicted octanol–water partition coefficient (Wildman–Crippen LogP) is 4.64. The zero-order valence-corrected chi connectivity index (χ0v) is 17.3. The van der Waals surface area contributed by atoms with Gasteiger partial charge < -0.3 is 14.2 Å². The van der Waals surface area contributed by atoms with E-state index in [0.717, 1.165) is 38.0 Å². The molecule has 6 nitrogen and oxygen atoms in total. The molecule has 1 saturated heterocycles. The number of likely N-dealkylation sites (tertiary alicyclic amines) is 1. The summed E-state index contributed by atoms with van der Waals surface area (Å²) >= 11 is 0. The molecule has 30 heavy (non-hydrogen) atoms. The Balaban J connectivity index is 1.37. The van der Waals surface area contributed by atoms with E-state index in [1.165, 1.54) is 11.1 Å². The summed E-state index contributed by atoms with van der Waals surface area (Å²) in [6, 6.07) is 17.8. The van der Waals surface area contributed by atoms with Crippen molar-refractivity contribution in [2.24, 2.45) is 0 Å². The molecule has 0 radical (unpaired) electrons. The minimum Gasteiger partial charge on any atom is -0.484 e. The number of carbonyl (C=O) groups is 1. The maximum Gasteiger partial charge on any atom is 0.264 e. The van der Waals surface area contributed by atoms with Crippen LogP contribution in [0.25, 0.3) is 0 Å². The van der Waals surface area contributed by atoms with Crippen LogP contribution in [-0.2, 0) is 17.8 Å². The molecule has 1 atom stereocenters. The van der Waals surface area contributed by atoms with E-state index in [0.29, 0.717) is 18.1 Å². The van der Waals surface area contributed by atoms with Crippen LogP contribution in [0.2, 0.25) is 0 Å². The molecule has 0 N–H and O–H groups in total. The minimum absolute atomic E-state index is 0.126. The van der Waals surface area contributed by atoms with Gasteiger partial charge in [-0.15, -0.1) is 0 Å². The molecule has 1 fully saturated rings. The molecule has 0 saturated carbocycles. The Morgan fingerprint density at radius 1 is 1.13 bits per heavy atom. The van der Waals surface area contributed by atoms with Gasteiger partial charge in [-0.2, -0.15) is 4.98 Å². The van der Waals surface area contributed by atoms with Crippen molar-refractivity contribution in [3.05, 3.63) is 77.4 Å². The normalized spacial score (nSPS) is 16.4. The second kappa shape index (κ2) is 9.57. The smallest absolute Gasteiger partial charge is 0.264 e. The Bertz CT molecular complexity index is 953. The number of benzene rings is 2. The number of hydrogen-bond donors (Lipinski definition) is 0. The Morgan fingerprint density at radius 3 is 2.73 bits per heavy atom. The molecule has 0 bridgehead atoms. The second-order valence-corrected chi connectivity index (χ2v) is 7.73. The number of piperidine rings is 1. The third kappa shape index (κ3) is 5.06. The van der Waals surface area contributed by atoms with Crippen LogP contribution in [-0.4, -0.2) is 27.5 Å². The van der Waals surface area contributed by atoms with Crippen molar-refractivity contribution in [1.29, 1.82) is 0 Å². The molecule has 2 heterocycles. The van der Waals surface area contributed by atoms with Crippen LogP contribution in [0, 0.1) is 6.92 Å². The van der Waals surface area contributed by atoms with Crippen LogP contribution in [0.15, 0.2) is 59.1 Å². The van der Waals surface area contributed by atoms with E-state index < -0.39 is 0 Å². The maximum atomic E-state index is 12.9. The molecule has 1 aromatic heterocycles. The SMILES string of the molecule is Cc1ccc(OCc2nc(C3CCCCN3C(=O)CCc3ccccc3)no2)cc1. The van der Waals surface area contributed by atoms with Crippen molar-refractivity contribution in [3.8, 4) is 5.75 Å². The van der Waals surface area contributed by atoms with Crippen LogP contribution in [0.3, 0.4) is 0 Å². The Kier molecular flexibility index (Phi) is 6.42. The predicted molar refractivity (Wildman–Crippen MR) is 113 cm³/mol. The summed E-state index contributed by atoms with van der Waals surface area (Å²) in [5.41, 5.74) is 2.35. The highest BCUT2D eigenvalue weighted by atomic mass is 16.5. The van der Waals surface area contributed by atoms with Gasteiger partial charge in [0.2, 0.25) is 5.91 Å². The minimum atomic E-state index is -0.126. The molecule has 3 aromatic rings. The summed E-state index contributed by atoms with van der Waals surface area (Å²) in [6.07, 6.45) is 4.15. The summed E-state index contributed by atoms with van der Waals surface area (Å²) in [5.74, 6) is 1.90. The van der Waals surface area contributed by atoms with Crippen LogP contribution in [0.1, 0.15) is 54.6 Å². The second-order valence-electron chi connectivity index (χ2n) is 7.73. The van der Waals surface area contributed by atoms with Crippen molar-refractivity contribution in [3.63, 3.8) is 0 Å². The summed E-state index contributed by atoms with van der Waals surface area (Å²) in [7, 11) is 0.